The zero-order chi connectivity index (χ0) is 36.7. The Morgan fingerprint density at radius 1 is 0.382 bits per heavy atom. The number of rotatable bonds is 5. The van der Waals surface area contributed by atoms with Crippen LogP contribution in [0.25, 0.3) is 76.9 Å². The molecule has 2 heteroatoms. The fourth-order valence-electron chi connectivity index (χ4n) is 9.23. The van der Waals surface area contributed by atoms with Gasteiger partial charge in [0.05, 0.1) is 11.4 Å². The van der Waals surface area contributed by atoms with Crippen molar-refractivity contribution in [2.75, 3.05) is 4.90 Å². The van der Waals surface area contributed by atoms with Gasteiger partial charge in [-0.25, -0.2) is 0 Å². The normalized spacial score (nSPS) is 13.1. The predicted molar refractivity (Wildman–Crippen MR) is 232 cm³/mol. The third-order valence-corrected chi connectivity index (χ3v) is 11.9. The molecule has 0 radical (unpaired) electrons. The van der Waals surface area contributed by atoms with Crippen molar-refractivity contribution >= 4 is 60.5 Å². The van der Waals surface area contributed by atoms with Gasteiger partial charge in [-0.15, -0.1) is 0 Å². The van der Waals surface area contributed by atoms with E-state index in [0.717, 1.165) is 55.5 Å². The minimum absolute atomic E-state index is 0.131. The van der Waals surface area contributed by atoms with E-state index in [2.05, 4.69) is 207 Å². The van der Waals surface area contributed by atoms with Crippen molar-refractivity contribution < 1.29 is 4.42 Å². The van der Waals surface area contributed by atoms with Crippen LogP contribution < -0.4 is 4.90 Å². The van der Waals surface area contributed by atoms with Crippen LogP contribution in [0.2, 0.25) is 0 Å². The van der Waals surface area contributed by atoms with Gasteiger partial charge in [-0.2, -0.15) is 0 Å². The summed E-state index contributed by atoms with van der Waals surface area (Å²) in [5, 5.41) is 7.06. The van der Waals surface area contributed by atoms with Crippen molar-refractivity contribution in [2.24, 2.45) is 0 Å². The molecule has 0 fully saturated rings. The number of anilines is 3. The summed E-state index contributed by atoms with van der Waals surface area (Å²) in [4.78, 5) is 2.47. The predicted octanol–water partition coefficient (Wildman–Crippen LogP) is 15.0. The molecule has 11 rings (SSSR count). The molecule has 260 valence electrons. The van der Waals surface area contributed by atoms with E-state index in [1.807, 2.05) is 0 Å². The lowest BCUT2D eigenvalue weighted by Crippen LogP contribution is -2.16. The van der Waals surface area contributed by atoms with Crippen molar-refractivity contribution in [1.29, 1.82) is 0 Å². The highest BCUT2D eigenvalue weighted by Crippen LogP contribution is 2.55. The first-order chi connectivity index (χ1) is 27.1. The zero-order valence-electron chi connectivity index (χ0n) is 30.8. The fraction of sp³-hybridized carbons (Fsp3) is 0.0566. The summed E-state index contributed by atoms with van der Waals surface area (Å²) in [6.45, 7) is 4.70. The maximum absolute atomic E-state index is 6.93. The summed E-state index contributed by atoms with van der Waals surface area (Å²) in [6.07, 6.45) is 0. The molecule has 0 saturated carbocycles. The largest absolute Gasteiger partial charge is 0.455 e. The summed E-state index contributed by atoms with van der Waals surface area (Å²) in [7, 11) is 0. The summed E-state index contributed by atoms with van der Waals surface area (Å²) in [6, 6.07) is 68.3. The molecule has 1 heterocycles. The Labute approximate surface area is 320 Å². The first-order valence-corrected chi connectivity index (χ1v) is 19.1. The first-order valence-electron chi connectivity index (χ1n) is 19.1. The van der Waals surface area contributed by atoms with Crippen LogP contribution in [-0.4, -0.2) is 0 Å². The van der Waals surface area contributed by atoms with Gasteiger partial charge >= 0.3 is 0 Å². The van der Waals surface area contributed by atoms with Crippen molar-refractivity contribution in [3.8, 4) is 33.4 Å². The van der Waals surface area contributed by atoms with E-state index in [1.165, 1.54) is 49.5 Å². The molecule has 0 saturated heterocycles. The Kier molecular flexibility index (Phi) is 6.93. The van der Waals surface area contributed by atoms with Crippen LogP contribution in [0, 0.1) is 0 Å². The number of hydrogen-bond acceptors (Lipinski definition) is 2. The van der Waals surface area contributed by atoms with Gasteiger partial charge in [0.2, 0.25) is 0 Å². The van der Waals surface area contributed by atoms with Gasteiger partial charge in [-0.3, -0.25) is 0 Å². The first kappa shape index (κ1) is 31.6. The highest BCUT2D eigenvalue weighted by Gasteiger charge is 2.38. The van der Waals surface area contributed by atoms with Crippen LogP contribution in [0.15, 0.2) is 192 Å². The van der Waals surface area contributed by atoms with E-state index >= 15 is 0 Å². The molecule has 0 N–H and O–H groups in total. The van der Waals surface area contributed by atoms with Crippen molar-refractivity contribution in [3.63, 3.8) is 0 Å². The summed E-state index contributed by atoms with van der Waals surface area (Å²) >= 11 is 0. The average Bonchev–Trinajstić information content (AvgIpc) is 3.74. The van der Waals surface area contributed by atoms with Crippen LogP contribution in [-0.2, 0) is 5.41 Å². The highest BCUT2D eigenvalue weighted by molar-refractivity contribution is 6.18. The summed E-state index contributed by atoms with van der Waals surface area (Å²) in [5.74, 6) is 0. The average molecular weight is 704 g/mol. The summed E-state index contributed by atoms with van der Waals surface area (Å²) < 4.78 is 6.93. The number of para-hydroxylation sites is 2. The molecular weight excluding hydrogens is 667 g/mol. The van der Waals surface area contributed by atoms with Crippen LogP contribution in [0.1, 0.15) is 25.0 Å². The van der Waals surface area contributed by atoms with Gasteiger partial charge in [-0.1, -0.05) is 172 Å². The Hall–Kier alpha value is -6.90. The summed E-state index contributed by atoms with van der Waals surface area (Å²) in [5.41, 5.74) is 14.9. The van der Waals surface area contributed by atoms with E-state index in [9.17, 15) is 0 Å². The third-order valence-electron chi connectivity index (χ3n) is 11.9. The maximum Gasteiger partial charge on any atom is 0.143 e. The second-order valence-electron chi connectivity index (χ2n) is 15.2. The number of benzene rings is 9. The molecule has 0 atom stereocenters. The van der Waals surface area contributed by atoms with Gasteiger partial charge in [-0.05, 0) is 74.3 Å². The van der Waals surface area contributed by atoms with Crippen LogP contribution in [0.3, 0.4) is 0 Å². The Balaban J connectivity index is 1.16. The standard InChI is InChI=1S/C53H37NO/c1-53(2)46-24-9-7-20-45(46)50-47(53)25-13-27-49(50)54(37-31-28-36(29-32-37)39-21-11-16-34-14-3-5-17-38(34)39)48-26-10-8-19-41(48)42-22-12-23-43-44-33-30-35-15-4-6-18-40(35)51(44)55-52(42)43/h3-33H,1-2H3. The molecule has 10 aromatic rings. The van der Waals surface area contributed by atoms with Crippen LogP contribution in [0.4, 0.5) is 17.1 Å². The van der Waals surface area contributed by atoms with Crippen molar-refractivity contribution in [1.82, 2.24) is 0 Å². The fourth-order valence-corrected chi connectivity index (χ4v) is 9.23. The van der Waals surface area contributed by atoms with E-state index in [-0.39, 0.29) is 5.41 Å². The van der Waals surface area contributed by atoms with Gasteiger partial charge in [0.25, 0.3) is 0 Å². The molecule has 0 unspecified atom stereocenters. The van der Waals surface area contributed by atoms with E-state index in [1.54, 1.807) is 0 Å². The monoisotopic (exact) mass is 703 g/mol. The van der Waals surface area contributed by atoms with Crippen LogP contribution >= 0.6 is 0 Å². The molecule has 9 aromatic carbocycles. The molecule has 55 heavy (non-hydrogen) atoms. The maximum atomic E-state index is 6.93. The molecule has 0 spiro atoms. The second kappa shape index (κ2) is 12.1. The van der Waals surface area contributed by atoms with Crippen molar-refractivity contribution in [2.45, 2.75) is 19.3 Å². The quantitative estimate of drug-likeness (QED) is 0.177. The minimum Gasteiger partial charge on any atom is -0.455 e. The highest BCUT2D eigenvalue weighted by atomic mass is 16.3. The lowest BCUT2D eigenvalue weighted by molar-refractivity contribution is 0.660. The van der Waals surface area contributed by atoms with Crippen molar-refractivity contribution in [3.05, 3.63) is 199 Å². The Bertz CT molecular complexity index is 3120. The number of nitrogens with zero attached hydrogens (tertiary/aromatic N) is 1. The van der Waals surface area contributed by atoms with E-state index in [0.29, 0.717) is 0 Å². The number of furan rings is 1. The Morgan fingerprint density at radius 2 is 0.945 bits per heavy atom. The number of fused-ring (bicyclic) bond motifs is 9. The lowest BCUT2D eigenvalue weighted by Gasteiger charge is -2.30. The smallest absolute Gasteiger partial charge is 0.143 e. The molecule has 2 nitrogen and oxygen atoms in total. The SMILES string of the molecule is CC1(C)c2ccccc2-c2c(N(c3ccc(-c4cccc5ccccc45)cc3)c3ccccc3-c3cccc4c3oc3c5ccccc5ccc43)cccc21. The molecule has 1 aromatic heterocycles. The molecule has 1 aliphatic rings. The number of hydrogen-bond donors (Lipinski definition) is 0. The third kappa shape index (κ3) is 4.74. The van der Waals surface area contributed by atoms with E-state index in [4.69, 9.17) is 4.42 Å². The molecular formula is C53H37NO. The molecule has 0 aliphatic heterocycles. The van der Waals surface area contributed by atoms with Gasteiger partial charge in [0, 0.05) is 44.0 Å². The van der Waals surface area contributed by atoms with Crippen LogP contribution in [0.5, 0.6) is 0 Å². The molecule has 0 bridgehead atoms. The lowest BCUT2D eigenvalue weighted by atomic mass is 9.82. The molecule has 0 amide bonds. The van der Waals surface area contributed by atoms with E-state index < -0.39 is 0 Å². The van der Waals surface area contributed by atoms with Gasteiger partial charge in [0.1, 0.15) is 11.2 Å². The van der Waals surface area contributed by atoms with Gasteiger partial charge in [0.15, 0.2) is 0 Å². The molecule has 1 aliphatic carbocycles. The minimum atomic E-state index is -0.131. The van der Waals surface area contributed by atoms with Gasteiger partial charge < -0.3 is 9.32 Å². The zero-order valence-corrected chi connectivity index (χ0v) is 30.8. The second-order valence-corrected chi connectivity index (χ2v) is 15.2. The Morgan fingerprint density at radius 3 is 1.80 bits per heavy atom. The topological polar surface area (TPSA) is 16.4 Å².